The normalized spacial score (nSPS) is 9.76. The molecule has 0 fully saturated rings. The van der Waals surface area contributed by atoms with Gasteiger partial charge in [0.15, 0.2) is 0 Å². The molecule has 1 heterocycles. The fourth-order valence-corrected chi connectivity index (χ4v) is 1.82. The van der Waals surface area contributed by atoms with E-state index in [2.05, 4.69) is 11.9 Å². The molecule has 4 nitrogen and oxygen atoms in total. The molecule has 3 N–H and O–H groups in total. The van der Waals surface area contributed by atoms with Crippen LogP contribution in [-0.4, -0.2) is 21.3 Å². The molecule has 0 bridgehead atoms. The number of anilines is 1. The van der Waals surface area contributed by atoms with Gasteiger partial charge in [-0.25, -0.2) is 4.98 Å². The molecule has 0 aliphatic heterocycles. The van der Waals surface area contributed by atoms with E-state index in [1.54, 1.807) is 0 Å². The van der Waals surface area contributed by atoms with Crippen molar-refractivity contribution < 1.29 is 5.11 Å². The maximum Gasteiger partial charge on any atom is 0.109 e. The molecular weight excluding hydrogens is 261 g/mol. The van der Waals surface area contributed by atoms with Crippen molar-refractivity contribution >= 4 is 41.5 Å². The third-order valence-corrected chi connectivity index (χ3v) is 2.49. The van der Waals surface area contributed by atoms with E-state index in [1.165, 1.54) is 0 Å². The van der Waals surface area contributed by atoms with Crippen molar-refractivity contribution in [3.8, 4) is 0 Å². The molecule has 6 heteroatoms. The minimum atomic E-state index is 0. The Morgan fingerprint density at radius 1 is 1.35 bits per heavy atom. The molecule has 0 spiro atoms. The van der Waals surface area contributed by atoms with Crippen molar-refractivity contribution in [1.29, 1.82) is 0 Å². The van der Waals surface area contributed by atoms with Crippen LogP contribution in [0.2, 0.25) is 0 Å². The number of hydrogen-bond donors (Lipinski definition) is 2. The Hall–Kier alpha value is -0.970. The maximum absolute atomic E-state index is 9.00. The van der Waals surface area contributed by atoms with Gasteiger partial charge in [0.25, 0.3) is 0 Å². The zero-order valence-electron chi connectivity index (χ0n) is 9.59. The molecule has 0 aliphatic rings. The Kier molecular flexibility index (Phi) is 6.31. The van der Waals surface area contributed by atoms with E-state index in [1.807, 2.05) is 22.8 Å². The van der Waals surface area contributed by atoms with Gasteiger partial charge >= 0.3 is 0 Å². The van der Waals surface area contributed by atoms with Crippen molar-refractivity contribution in [1.82, 2.24) is 9.55 Å². The summed E-state index contributed by atoms with van der Waals surface area (Å²) in [6.07, 6.45) is 0.856. The standard InChI is InChI=1S/C11H15N3O.2ClH/c1-2-11-13-9-7-8(12)3-4-10(9)14(11)5-6-15;;/h3-4,7,15H,2,5-6,12H2,1H3;2*1H. The van der Waals surface area contributed by atoms with Gasteiger partial charge in [-0.3, -0.25) is 0 Å². The quantitative estimate of drug-likeness (QED) is 0.844. The summed E-state index contributed by atoms with van der Waals surface area (Å²) in [5, 5.41) is 9.00. The zero-order valence-corrected chi connectivity index (χ0v) is 11.2. The number of aliphatic hydroxyl groups excluding tert-OH is 1. The molecule has 0 atom stereocenters. The highest BCUT2D eigenvalue weighted by Gasteiger charge is 2.08. The summed E-state index contributed by atoms with van der Waals surface area (Å²) < 4.78 is 2.04. The molecule has 2 rings (SSSR count). The number of nitrogens with two attached hydrogens (primary N) is 1. The van der Waals surface area contributed by atoms with Gasteiger partial charge in [0.2, 0.25) is 0 Å². The molecule has 0 amide bonds. The van der Waals surface area contributed by atoms with Crippen LogP contribution in [0.3, 0.4) is 0 Å². The summed E-state index contributed by atoms with van der Waals surface area (Å²) >= 11 is 0. The molecule has 96 valence electrons. The number of halogens is 2. The molecule has 1 aromatic heterocycles. The Labute approximate surface area is 113 Å². The van der Waals surface area contributed by atoms with Gasteiger partial charge in [0.05, 0.1) is 17.6 Å². The molecule has 0 saturated carbocycles. The van der Waals surface area contributed by atoms with Crippen molar-refractivity contribution in [2.75, 3.05) is 12.3 Å². The molecule has 17 heavy (non-hydrogen) atoms. The topological polar surface area (TPSA) is 64.1 Å². The lowest BCUT2D eigenvalue weighted by Gasteiger charge is -2.04. The minimum absolute atomic E-state index is 0. The first-order valence-electron chi connectivity index (χ1n) is 5.11. The van der Waals surface area contributed by atoms with E-state index in [0.29, 0.717) is 6.54 Å². The molecular formula is C11H17Cl2N3O. The third kappa shape index (κ3) is 3.03. The van der Waals surface area contributed by atoms with Crippen molar-refractivity contribution in [2.45, 2.75) is 19.9 Å². The van der Waals surface area contributed by atoms with Gasteiger partial charge in [-0.2, -0.15) is 0 Å². The van der Waals surface area contributed by atoms with Crippen LogP contribution in [0.15, 0.2) is 18.2 Å². The van der Waals surface area contributed by atoms with Crippen LogP contribution in [0.5, 0.6) is 0 Å². The number of imidazole rings is 1. The number of aliphatic hydroxyl groups is 1. The molecule has 0 aliphatic carbocycles. The second kappa shape index (κ2) is 6.69. The number of fused-ring (bicyclic) bond motifs is 1. The van der Waals surface area contributed by atoms with Gasteiger partial charge in [-0.05, 0) is 18.2 Å². The van der Waals surface area contributed by atoms with Crippen LogP contribution < -0.4 is 5.73 Å². The summed E-state index contributed by atoms with van der Waals surface area (Å²) in [4.78, 5) is 4.48. The molecule has 0 unspecified atom stereocenters. The predicted octanol–water partition coefficient (Wildman–Crippen LogP) is 2.02. The fourth-order valence-electron chi connectivity index (χ4n) is 1.82. The van der Waals surface area contributed by atoms with Crippen molar-refractivity contribution in [2.24, 2.45) is 0 Å². The molecule has 1 aromatic carbocycles. The van der Waals surface area contributed by atoms with E-state index in [-0.39, 0.29) is 31.4 Å². The number of aromatic nitrogens is 2. The van der Waals surface area contributed by atoms with Crippen LogP contribution in [0, 0.1) is 0 Å². The van der Waals surface area contributed by atoms with E-state index in [0.717, 1.165) is 29.0 Å². The number of hydrogen-bond acceptors (Lipinski definition) is 3. The molecule has 0 saturated heterocycles. The van der Waals surface area contributed by atoms with Gasteiger partial charge < -0.3 is 15.4 Å². The SMILES string of the molecule is CCc1nc2cc(N)ccc2n1CCO.Cl.Cl. The average molecular weight is 278 g/mol. The Morgan fingerprint density at radius 2 is 2.06 bits per heavy atom. The smallest absolute Gasteiger partial charge is 0.109 e. The van der Waals surface area contributed by atoms with Crippen LogP contribution in [0.25, 0.3) is 11.0 Å². The lowest BCUT2D eigenvalue weighted by Crippen LogP contribution is -2.05. The van der Waals surface area contributed by atoms with Crippen LogP contribution in [0.4, 0.5) is 5.69 Å². The second-order valence-corrected chi connectivity index (χ2v) is 3.50. The number of nitrogen functional groups attached to an aromatic ring is 1. The highest BCUT2D eigenvalue weighted by molar-refractivity contribution is 5.85. The first kappa shape index (κ1) is 16.0. The van der Waals surface area contributed by atoms with Gasteiger partial charge in [-0.15, -0.1) is 24.8 Å². The number of benzene rings is 1. The predicted molar refractivity (Wildman–Crippen MR) is 75.1 cm³/mol. The highest BCUT2D eigenvalue weighted by Crippen LogP contribution is 2.19. The second-order valence-electron chi connectivity index (χ2n) is 3.50. The lowest BCUT2D eigenvalue weighted by molar-refractivity contribution is 0.276. The van der Waals surface area contributed by atoms with Crippen molar-refractivity contribution in [3.63, 3.8) is 0 Å². The van der Waals surface area contributed by atoms with Gasteiger partial charge in [0, 0.05) is 18.7 Å². The van der Waals surface area contributed by atoms with E-state index < -0.39 is 0 Å². The molecule has 0 radical (unpaired) electrons. The van der Waals surface area contributed by atoms with Crippen molar-refractivity contribution in [3.05, 3.63) is 24.0 Å². The Balaban J connectivity index is 0.00000128. The summed E-state index contributed by atoms with van der Waals surface area (Å²) in [6, 6.07) is 5.67. The summed E-state index contributed by atoms with van der Waals surface area (Å²) in [6.45, 7) is 2.77. The number of rotatable bonds is 3. The largest absolute Gasteiger partial charge is 0.399 e. The Morgan fingerprint density at radius 3 is 2.65 bits per heavy atom. The monoisotopic (exact) mass is 277 g/mol. The van der Waals surface area contributed by atoms with Crippen LogP contribution in [-0.2, 0) is 13.0 Å². The van der Waals surface area contributed by atoms with Gasteiger partial charge in [0.1, 0.15) is 5.82 Å². The minimum Gasteiger partial charge on any atom is -0.399 e. The zero-order chi connectivity index (χ0) is 10.8. The number of aryl methyl sites for hydroxylation is 1. The van der Waals surface area contributed by atoms with E-state index >= 15 is 0 Å². The first-order chi connectivity index (χ1) is 7.26. The summed E-state index contributed by atoms with van der Waals surface area (Å²) in [7, 11) is 0. The Bertz CT molecular complexity index is 485. The highest BCUT2D eigenvalue weighted by atomic mass is 35.5. The summed E-state index contributed by atoms with van der Waals surface area (Å²) in [5.74, 6) is 0.990. The van der Waals surface area contributed by atoms with Crippen LogP contribution in [0.1, 0.15) is 12.7 Å². The average Bonchev–Trinajstić information content (AvgIpc) is 2.56. The number of nitrogens with zero attached hydrogens (tertiary/aromatic N) is 2. The fraction of sp³-hybridized carbons (Fsp3) is 0.364. The van der Waals surface area contributed by atoms with E-state index in [9.17, 15) is 0 Å². The third-order valence-electron chi connectivity index (χ3n) is 2.49. The first-order valence-corrected chi connectivity index (χ1v) is 5.11. The lowest BCUT2D eigenvalue weighted by atomic mass is 10.3. The van der Waals surface area contributed by atoms with Gasteiger partial charge in [-0.1, -0.05) is 6.92 Å². The maximum atomic E-state index is 9.00. The van der Waals surface area contributed by atoms with E-state index in [4.69, 9.17) is 10.8 Å². The van der Waals surface area contributed by atoms with Crippen LogP contribution >= 0.6 is 24.8 Å². The summed E-state index contributed by atoms with van der Waals surface area (Å²) in [5.41, 5.74) is 8.36. The molecule has 2 aromatic rings.